The lowest BCUT2D eigenvalue weighted by Gasteiger charge is -2.04. The number of allylic oxidation sites excluding steroid dienone is 1. The van der Waals surface area contributed by atoms with Crippen LogP contribution in [-0.4, -0.2) is 40.6 Å². The van der Waals surface area contributed by atoms with Gasteiger partial charge in [0.1, 0.15) is 5.92 Å². The molecule has 9 heteroatoms. The Bertz CT molecular complexity index is 619. The van der Waals surface area contributed by atoms with E-state index in [1.54, 1.807) is 12.2 Å². The number of hydrogen-bond acceptors (Lipinski definition) is 6. The Labute approximate surface area is 119 Å². The number of hydrogen-bond donors (Lipinski definition) is 2. The van der Waals surface area contributed by atoms with Crippen molar-refractivity contribution in [1.29, 1.82) is 0 Å². The first kappa shape index (κ1) is 14.6. The molecule has 2 rings (SSSR count). The third-order valence-corrected chi connectivity index (χ3v) is 2.55. The molecule has 0 radical (unpaired) electrons. The molecule has 0 aromatic carbocycles. The number of nitrogens with zero attached hydrogens (tertiary/aromatic N) is 3. The summed E-state index contributed by atoms with van der Waals surface area (Å²) in [5.41, 5.74) is 0. The molecule has 0 bridgehead atoms. The quantitative estimate of drug-likeness (QED) is 0.721. The van der Waals surface area contributed by atoms with Crippen LogP contribution in [0.15, 0.2) is 21.7 Å². The lowest BCUT2D eigenvalue weighted by Crippen LogP contribution is -2.35. The lowest BCUT2D eigenvalue weighted by molar-refractivity contribution is -0.125. The molecular formula is C12H13N5O4. The monoisotopic (exact) mass is 291 g/mol. The predicted molar refractivity (Wildman–Crippen MR) is 70.2 cm³/mol. The highest BCUT2D eigenvalue weighted by Gasteiger charge is 2.24. The first-order valence-corrected chi connectivity index (χ1v) is 6.14. The van der Waals surface area contributed by atoms with Gasteiger partial charge in [0.25, 0.3) is 5.91 Å². The minimum atomic E-state index is -0.664. The maximum absolute atomic E-state index is 11.5. The first-order valence-electron chi connectivity index (χ1n) is 6.14. The van der Waals surface area contributed by atoms with Gasteiger partial charge >= 0.3 is 0 Å². The van der Waals surface area contributed by atoms with E-state index in [9.17, 15) is 14.4 Å². The molecule has 3 amide bonds. The SMILES string of the molecule is CC(=O)NCC(=O)NCc1nc(C2C=CC=NC2=O)no1. The smallest absolute Gasteiger partial charge is 0.260 e. The Morgan fingerprint density at radius 2 is 2.19 bits per heavy atom. The van der Waals surface area contributed by atoms with E-state index in [1.165, 1.54) is 13.1 Å². The van der Waals surface area contributed by atoms with Crippen LogP contribution >= 0.6 is 0 Å². The van der Waals surface area contributed by atoms with Crippen LogP contribution in [0.2, 0.25) is 0 Å². The topological polar surface area (TPSA) is 127 Å². The van der Waals surface area contributed by atoms with Crippen LogP contribution in [0.5, 0.6) is 0 Å². The van der Waals surface area contributed by atoms with Crippen LogP contribution < -0.4 is 10.6 Å². The van der Waals surface area contributed by atoms with Gasteiger partial charge in [-0.25, -0.2) is 4.99 Å². The first-order chi connectivity index (χ1) is 10.1. The van der Waals surface area contributed by atoms with Gasteiger partial charge in [0.2, 0.25) is 17.7 Å². The summed E-state index contributed by atoms with van der Waals surface area (Å²) in [4.78, 5) is 41.2. The molecule has 0 fully saturated rings. The Kier molecular flexibility index (Phi) is 4.54. The molecule has 1 unspecified atom stereocenters. The summed E-state index contributed by atoms with van der Waals surface area (Å²) in [5, 5.41) is 8.55. The van der Waals surface area contributed by atoms with Gasteiger partial charge in [-0.15, -0.1) is 0 Å². The van der Waals surface area contributed by atoms with Crippen molar-refractivity contribution in [2.45, 2.75) is 19.4 Å². The summed E-state index contributed by atoms with van der Waals surface area (Å²) >= 11 is 0. The Morgan fingerprint density at radius 3 is 2.90 bits per heavy atom. The number of carbonyl (C=O) groups excluding carboxylic acids is 3. The van der Waals surface area contributed by atoms with E-state index in [4.69, 9.17) is 4.52 Å². The minimum absolute atomic E-state index is 0.0132. The molecule has 0 spiro atoms. The molecule has 0 saturated carbocycles. The van der Waals surface area contributed by atoms with Crippen LogP contribution in [0.1, 0.15) is 24.6 Å². The number of rotatable bonds is 5. The highest BCUT2D eigenvalue weighted by Crippen LogP contribution is 2.17. The molecule has 0 aliphatic carbocycles. The van der Waals surface area contributed by atoms with Crippen LogP contribution in [0.4, 0.5) is 0 Å². The molecule has 9 nitrogen and oxygen atoms in total. The summed E-state index contributed by atoms with van der Waals surface area (Å²) in [6.07, 6.45) is 4.62. The lowest BCUT2D eigenvalue weighted by atomic mass is 10.1. The van der Waals surface area contributed by atoms with E-state index in [1.807, 2.05) is 0 Å². The van der Waals surface area contributed by atoms with E-state index < -0.39 is 5.92 Å². The average Bonchev–Trinajstić information content (AvgIpc) is 2.92. The number of aliphatic imine (C=N–C) groups is 1. The van der Waals surface area contributed by atoms with Crippen LogP contribution in [0.25, 0.3) is 0 Å². The van der Waals surface area contributed by atoms with Crippen molar-refractivity contribution in [3.05, 3.63) is 23.9 Å². The molecule has 21 heavy (non-hydrogen) atoms. The Morgan fingerprint density at radius 1 is 1.38 bits per heavy atom. The van der Waals surface area contributed by atoms with Crippen molar-refractivity contribution in [3.8, 4) is 0 Å². The molecule has 1 aliphatic rings. The largest absolute Gasteiger partial charge is 0.347 e. The fourth-order valence-electron chi connectivity index (χ4n) is 1.54. The third-order valence-electron chi connectivity index (χ3n) is 2.55. The molecule has 1 aliphatic heterocycles. The van der Waals surface area contributed by atoms with Crippen molar-refractivity contribution in [3.63, 3.8) is 0 Å². The fourth-order valence-corrected chi connectivity index (χ4v) is 1.54. The zero-order valence-electron chi connectivity index (χ0n) is 11.2. The van der Waals surface area contributed by atoms with E-state index in [0.717, 1.165) is 0 Å². The summed E-state index contributed by atoms with van der Waals surface area (Å²) in [6.45, 7) is 1.20. The van der Waals surface area contributed by atoms with Crippen molar-refractivity contribution in [2.75, 3.05) is 6.54 Å². The van der Waals surface area contributed by atoms with Gasteiger partial charge < -0.3 is 15.2 Å². The van der Waals surface area contributed by atoms with Gasteiger partial charge in [0.05, 0.1) is 13.1 Å². The second kappa shape index (κ2) is 6.55. The zero-order valence-corrected chi connectivity index (χ0v) is 11.2. The second-order valence-electron chi connectivity index (χ2n) is 4.21. The van der Waals surface area contributed by atoms with Gasteiger partial charge in [-0.3, -0.25) is 14.4 Å². The van der Waals surface area contributed by atoms with Gasteiger partial charge in [-0.1, -0.05) is 11.2 Å². The number of dihydropyridines is 1. The van der Waals surface area contributed by atoms with Gasteiger partial charge in [0.15, 0.2) is 5.82 Å². The van der Waals surface area contributed by atoms with Gasteiger partial charge in [0, 0.05) is 13.1 Å². The van der Waals surface area contributed by atoms with Crippen LogP contribution in [-0.2, 0) is 20.9 Å². The summed E-state index contributed by atoms with van der Waals surface area (Å²) in [5.74, 6) is -1.37. The highest BCUT2D eigenvalue weighted by molar-refractivity contribution is 5.96. The fraction of sp³-hybridized carbons (Fsp3) is 0.333. The maximum Gasteiger partial charge on any atom is 0.260 e. The second-order valence-corrected chi connectivity index (χ2v) is 4.21. The van der Waals surface area contributed by atoms with E-state index >= 15 is 0 Å². The number of nitrogens with one attached hydrogen (secondary N) is 2. The molecule has 2 N–H and O–H groups in total. The summed E-state index contributed by atoms with van der Waals surface area (Å²) < 4.78 is 4.94. The highest BCUT2D eigenvalue weighted by atomic mass is 16.5. The zero-order chi connectivity index (χ0) is 15.2. The number of aromatic nitrogens is 2. The van der Waals surface area contributed by atoms with Crippen LogP contribution in [0.3, 0.4) is 0 Å². The molecule has 1 aromatic heterocycles. The maximum atomic E-state index is 11.5. The molecular weight excluding hydrogens is 278 g/mol. The number of carbonyl (C=O) groups is 3. The minimum Gasteiger partial charge on any atom is -0.347 e. The Balaban J connectivity index is 1.87. The molecule has 110 valence electrons. The van der Waals surface area contributed by atoms with Crippen molar-refractivity contribution in [2.24, 2.45) is 4.99 Å². The normalized spacial score (nSPS) is 16.8. The molecule has 2 heterocycles. The van der Waals surface area contributed by atoms with Gasteiger partial charge in [-0.2, -0.15) is 4.98 Å². The molecule has 0 saturated heterocycles. The van der Waals surface area contributed by atoms with Crippen molar-refractivity contribution < 1.29 is 18.9 Å². The standard InChI is InChI=1S/C12H13N5O4/c1-7(18)14-5-9(19)15-6-10-16-11(17-21-10)8-3-2-4-13-12(8)20/h2-4,8H,5-6H2,1H3,(H,14,18)(H,15,19). The summed E-state index contributed by atoms with van der Waals surface area (Å²) in [7, 11) is 0. The van der Waals surface area contributed by atoms with E-state index in [0.29, 0.717) is 0 Å². The molecule has 1 aromatic rings. The van der Waals surface area contributed by atoms with E-state index in [-0.39, 0.29) is 42.5 Å². The Hall–Kier alpha value is -2.84. The number of amides is 3. The van der Waals surface area contributed by atoms with E-state index in [2.05, 4.69) is 25.8 Å². The summed E-state index contributed by atoms with van der Waals surface area (Å²) in [6, 6.07) is 0. The van der Waals surface area contributed by atoms with Crippen LogP contribution in [0, 0.1) is 0 Å². The third kappa shape index (κ3) is 4.06. The average molecular weight is 291 g/mol. The van der Waals surface area contributed by atoms with Gasteiger partial charge in [-0.05, 0) is 6.08 Å². The predicted octanol–water partition coefficient (Wildman–Crippen LogP) is -0.927. The van der Waals surface area contributed by atoms with Crippen molar-refractivity contribution >= 4 is 23.9 Å². The van der Waals surface area contributed by atoms with Crippen molar-refractivity contribution in [1.82, 2.24) is 20.8 Å². The molecule has 1 atom stereocenters.